The van der Waals surface area contributed by atoms with Gasteiger partial charge in [0.2, 0.25) is 0 Å². The van der Waals surface area contributed by atoms with Crippen LogP contribution >= 0.6 is 27.5 Å². The van der Waals surface area contributed by atoms with E-state index in [1.54, 1.807) is 73.8 Å². The summed E-state index contributed by atoms with van der Waals surface area (Å²) in [6.07, 6.45) is 2.93. The van der Waals surface area contributed by atoms with Crippen LogP contribution in [-0.4, -0.2) is 25.6 Å². The van der Waals surface area contributed by atoms with Crippen LogP contribution in [0.2, 0.25) is 5.02 Å². The zero-order valence-corrected chi connectivity index (χ0v) is 24.7. The van der Waals surface area contributed by atoms with Gasteiger partial charge in [0.05, 0.1) is 18.2 Å². The van der Waals surface area contributed by atoms with E-state index in [1.807, 2.05) is 31.2 Å². The van der Waals surface area contributed by atoms with Crippen LogP contribution < -0.4 is 24.3 Å². The van der Waals surface area contributed by atoms with Crippen molar-refractivity contribution in [3.8, 4) is 23.0 Å². The Balaban J connectivity index is 1.37. The topological polar surface area (TPSA) is 83.1 Å². The number of methoxy groups -OCH3 is 1. The molecule has 41 heavy (non-hydrogen) atoms. The lowest BCUT2D eigenvalue weighted by molar-refractivity contribution is -0.128. The van der Waals surface area contributed by atoms with E-state index in [0.717, 1.165) is 5.56 Å². The van der Waals surface area contributed by atoms with Crippen LogP contribution in [0.5, 0.6) is 23.0 Å². The number of carbonyl (C=O) groups is 2. The first kappa shape index (κ1) is 29.7. The zero-order valence-electron chi connectivity index (χ0n) is 22.4. The lowest BCUT2D eigenvalue weighted by atomic mass is 10.2. The number of benzene rings is 4. The fraction of sp³-hybridized carbons (Fsp3) is 0.125. The molecule has 1 amide bonds. The molecule has 0 fully saturated rings. The van der Waals surface area contributed by atoms with E-state index >= 15 is 0 Å². The highest BCUT2D eigenvalue weighted by atomic mass is 79.9. The zero-order chi connectivity index (χ0) is 29.2. The standard InChI is InChI=1S/C32H27BrClNO6/c1-3-39-29-19-21(18-27(33)31(29)40-20-23-6-4-5-7-28(23)34)8-17-30(36)41-26-13-9-22(10-14-26)32(37)35-24-11-15-25(38-2)16-12-24/h4-19H,3,20H2,1-2H3,(H,35,37)/b17-8+. The second kappa shape index (κ2) is 14.4. The van der Waals surface area contributed by atoms with E-state index in [9.17, 15) is 9.59 Å². The van der Waals surface area contributed by atoms with Crippen molar-refractivity contribution in [3.63, 3.8) is 0 Å². The van der Waals surface area contributed by atoms with Gasteiger partial charge in [-0.25, -0.2) is 4.79 Å². The van der Waals surface area contributed by atoms with Gasteiger partial charge in [-0.3, -0.25) is 4.79 Å². The fourth-order valence-corrected chi connectivity index (χ4v) is 4.48. The van der Waals surface area contributed by atoms with E-state index < -0.39 is 5.97 Å². The quantitative estimate of drug-likeness (QED) is 0.102. The lowest BCUT2D eigenvalue weighted by Crippen LogP contribution is -2.12. The first-order valence-electron chi connectivity index (χ1n) is 12.6. The number of halogens is 2. The Morgan fingerprint density at radius 3 is 2.32 bits per heavy atom. The van der Waals surface area contributed by atoms with Gasteiger partial charge in [-0.05, 0) is 101 Å². The molecule has 1 N–H and O–H groups in total. The molecule has 4 aromatic rings. The molecule has 0 aromatic heterocycles. The van der Waals surface area contributed by atoms with Crippen molar-refractivity contribution in [1.29, 1.82) is 0 Å². The smallest absolute Gasteiger partial charge is 0.336 e. The molecule has 0 unspecified atom stereocenters. The lowest BCUT2D eigenvalue weighted by Gasteiger charge is -2.15. The van der Waals surface area contributed by atoms with Crippen LogP contribution in [0.15, 0.2) is 95.5 Å². The molecule has 4 aromatic carbocycles. The van der Waals surface area contributed by atoms with Crippen LogP contribution in [-0.2, 0) is 11.4 Å². The minimum Gasteiger partial charge on any atom is -0.497 e. The summed E-state index contributed by atoms with van der Waals surface area (Å²) in [6, 6.07) is 24.3. The molecule has 0 heterocycles. The van der Waals surface area contributed by atoms with E-state index in [4.69, 9.17) is 30.5 Å². The van der Waals surface area contributed by atoms with E-state index in [2.05, 4.69) is 21.2 Å². The van der Waals surface area contributed by atoms with Crippen molar-refractivity contribution in [2.45, 2.75) is 13.5 Å². The molecule has 4 rings (SSSR count). The predicted octanol–water partition coefficient (Wildman–Crippen LogP) is 7.96. The van der Waals surface area contributed by atoms with Gasteiger partial charge >= 0.3 is 5.97 Å². The average molecular weight is 637 g/mol. The average Bonchev–Trinajstić information content (AvgIpc) is 2.97. The highest BCUT2D eigenvalue weighted by Gasteiger charge is 2.13. The summed E-state index contributed by atoms with van der Waals surface area (Å²) in [4.78, 5) is 25.0. The predicted molar refractivity (Wildman–Crippen MR) is 163 cm³/mol. The Morgan fingerprint density at radius 1 is 0.927 bits per heavy atom. The maximum atomic E-state index is 12.5. The molecule has 7 nitrogen and oxygen atoms in total. The van der Waals surface area contributed by atoms with Gasteiger partial charge in [0.1, 0.15) is 18.1 Å². The number of hydrogen-bond acceptors (Lipinski definition) is 6. The summed E-state index contributed by atoms with van der Waals surface area (Å²) in [6.45, 7) is 2.57. The van der Waals surface area contributed by atoms with Gasteiger partial charge in [-0.2, -0.15) is 0 Å². The number of anilines is 1. The first-order valence-corrected chi connectivity index (χ1v) is 13.8. The van der Waals surface area contributed by atoms with Gasteiger partial charge < -0.3 is 24.3 Å². The molecule has 0 spiro atoms. The third kappa shape index (κ3) is 8.36. The van der Waals surface area contributed by atoms with Crippen LogP contribution in [0, 0.1) is 0 Å². The van der Waals surface area contributed by atoms with Crippen molar-refractivity contribution in [3.05, 3.63) is 117 Å². The van der Waals surface area contributed by atoms with E-state index in [0.29, 0.717) is 55.9 Å². The van der Waals surface area contributed by atoms with Crippen LogP contribution in [0.4, 0.5) is 5.69 Å². The maximum Gasteiger partial charge on any atom is 0.336 e. The summed E-state index contributed by atoms with van der Waals surface area (Å²) >= 11 is 9.79. The Morgan fingerprint density at radius 2 is 1.63 bits per heavy atom. The number of hydrogen-bond donors (Lipinski definition) is 1. The molecule has 0 bridgehead atoms. The van der Waals surface area contributed by atoms with Gasteiger partial charge in [0.15, 0.2) is 11.5 Å². The molecule has 0 atom stereocenters. The number of ether oxygens (including phenoxy) is 4. The third-order valence-corrected chi connectivity index (χ3v) is 6.71. The minimum atomic E-state index is -0.575. The van der Waals surface area contributed by atoms with Crippen molar-refractivity contribution >= 4 is 51.2 Å². The largest absolute Gasteiger partial charge is 0.497 e. The second-order valence-corrected chi connectivity index (χ2v) is 9.87. The van der Waals surface area contributed by atoms with Gasteiger partial charge in [-0.15, -0.1) is 0 Å². The maximum absolute atomic E-state index is 12.5. The van der Waals surface area contributed by atoms with E-state index in [1.165, 1.54) is 6.08 Å². The Hall–Kier alpha value is -4.27. The molecule has 0 radical (unpaired) electrons. The van der Waals surface area contributed by atoms with Gasteiger partial charge in [0, 0.05) is 27.9 Å². The van der Waals surface area contributed by atoms with Crippen molar-refractivity contribution in [2.75, 3.05) is 19.0 Å². The fourth-order valence-electron chi connectivity index (χ4n) is 3.72. The normalized spacial score (nSPS) is 10.7. The molecule has 0 aliphatic carbocycles. The van der Waals surface area contributed by atoms with Crippen LogP contribution in [0.25, 0.3) is 6.08 Å². The third-order valence-electron chi connectivity index (χ3n) is 5.76. The minimum absolute atomic E-state index is 0.266. The summed E-state index contributed by atoms with van der Waals surface area (Å²) in [5.74, 6) is 1.19. The van der Waals surface area contributed by atoms with Gasteiger partial charge in [-0.1, -0.05) is 29.8 Å². The molecule has 0 aliphatic rings. The summed E-state index contributed by atoms with van der Waals surface area (Å²) < 4.78 is 23.0. The van der Waals surface area contributed by atoms with Crippen molar-refractivity contribution in [1.82, 2.24) is 0 Å². The van der Waals surface area contributed by atoms with Gasteiger partial charge in [0.25, 0.3) is 5.91 Å². The summed E-state index contributed by atoms with van der Waals surface area (Å²) in [7, 11) is 1.58. The number of amides is 1. The molecule has 9 heteroatoms. The van der Waals surface area contributed by atoms with E-state index in [-0.39, 0.29) is 12.5 Å². The highest BCUT2D eigenvalue weighted by Crippen LogP contribution is 2.38. The van der Waals surface area contributed by atoms with Crippen LogP contribution in [0.1, 0.15) is 28.4 Å². The molecule has 0 saturated heterocycles. The second-order valence-electron chi connectivity index (χ2n) is 8.60. The molecule has 0 saturated carbocycles. The monoisotopic (exact) mass is 635 g/mol. The first-order chi connectivity index (χ1) is 19.9. The summed E-state index contributed by atoms with van der Waals surface area (Å²) in [5.41, 5.74) is 2.60. The van der Waals surface area contributed by atoms with Crippen LogP contribution in [0.3, 0.4) is 0 Å². The van der Waals surface area contributed by atoms with Crippen molar-refractivity contribution in [2.24, 2.45) is 0 Å². The number of rotatable bonds is 11. The highest BCUT2D eigenvalue weighted by molar-refractivity contribution is 9.10. The number of nitrogens with one attached hydrogen (secondary N) is 1. The molecule has 210 valence electrons. The number of carbonyl (C=O) groups excluding carboxylic acids is 2. The Labute approximate surface area is 251 Å². The number of esters is 1. The Kier molecular flexibility index (Phi) is 10.4. The van der Waals surface area contributed by atoms with Crippen molar-refractivity contribution < 1.29 is 28.5 Å². The molecular formula is C32H27BrClNO6. The summed E-state index contributed by atoms with van der Waals surface area (Å²) in [5, 5.41) is 3.42. The SMILES string of the molecule is CCOc1cc(/C=C/C(=O)Oc2ccc(C(=O)Nc3ccc(OC)cc3)cc2)cc(Br)c1OCc1ccccc1Cl. The Bertz CT molecular complexity index is 1540. The molecule has 0 aliphatic heterocycles. The molecular weight excluding hydrogens is 610 g/mol.